The minimum absolute atomic E-state index is 0.0848. The Hall–Kier alpha value is -3.36. The van der Waals surface area contributed by atoms with E-state index in [-0.39, 0.29) is 17.9 Å². The summed E-state index contributed by atoms with van der Waals surface area (Å²) in [6.45, 7) is 1.30. The van der Waals surface area contributed by atoms with E-state index in [0.29, 0.717) is 33.5 Å². The second-order valence-corrected chi connectivity index (χ2v) is 7.63. The fraction of sp³-hybridized carbons (Fsp3) is 0.227. The average molecular weight is 442 g/mol. The molecule has 2 N–H and O–H groups in total. The lowest BCUT2D eigenvalue weighted by molar-refractivity contribution is -0.384. The first-order valence-electron chi connectivity index (χ1n) is 9.80. The summed E-state index contributed by atoms with van der Waals surface area (Å²) in [5.74, 6) is 0.376. The number of furan rings is 1. The molecule has 1 aliphatic rings. The molecule has 1 fully saturated rings. The second kappa shape index (κ2) is 8.79. The Bertz CT molecular complexity index is 1140. The van der Waals surface area contributed by atoms with E-state index in [4.69, 9.17) is 16.0 Å². The number of carbonyl (C=O) groups is 1. The lowest BCUT2D eigenvalue weighted by Crippen LogP contribution is -2.19. The van der Waals surface area contributed by atoms with E-state index in [0.717, 1.165) is 25.9 Å². The van der Waals surface area contributed by atoms with Crippen molar-refractivity contribution in [3.8, 4) is 11.3 Å². The molecular weight excluding hydrogens is 422 g/mol. The van der Waals surface area contributed by atoms with Gasteiger partial charge in [-0.1, -0.05) is 11.6 Å². The average Bonchev–Trinajstić information content (AvgIpc) is 3.46. The zero-order chi connectivity index (χ0) is 22.0. The summed E-state index contributed by atoms with van der Waals surface area (Å²) in [5, 5.41) is 23.9. The van der Waals surface area contributed by atoms with Crippen molar-refractivity contribution in [3.63, 3.8) is 0 Å². The van der Waals surface area contributed by atoms with E-state index in [1.165, 1.54) is 6.07 Å². The van der Waals surface area contributed by atoms with E-state index in [1.807, 2.05) is 4.90 Å². The molecule has 8 nitrogen and oxygen atoms in total. The molecule has 0 saturated carbocycles. The van der Waals surface area contributed by atoms with Crippen LogP contribution in [0.3, 0.4) is 0 Å². The van der Waals surface area contributed by atoms with Crippen LogP contribution in [0.1, 0.15) is 29.0 Å². The van der Waals surface area contributed by atoms with Gasteiger partial charge in [0.2, 0.25) is 0 Å². The topological polar surface area (TPSA) is 109 Å². The molecule has 1 amide bonds. The van der Waals surface area contributed by atoms with Crippen molar-refractivity contribution >= 4 is 34.6 Å². The molecule has 2 aromatic carbocycles. The van der Waals surface area contributed by atoms with Gasteiger partial charge in [-0.15, -0.1) is 0 Å². The first-order valence-corrected chi connectivity index (χ1v) is 10.2. The number of aliphatic hydroxyl groups is 1. The van der Waals surface area contributed by atoms with Gasteiger partial charge in [-0.3, -0.25) is 14.9 Å². The molecule has 2 heterocycles. The van der Waals surface area contributed by atoms with Gasteiger partial charge in [-0.2, -0.15) is 0 Å². The third-order valence-electron chi connectivity index (χ3n) is 5.19. The van der Waals surface area contributed by atoms with Gasteiger partial charge in [0, 0.05) is 36.0 Å². The van der Waals surface area contributed by atoms with Crippen LogP contribution in [0.25, 0.3) is 11.3 Å². The van der Waals surface area contributed by atoms with Gasteiger partial charge in [0.05, 0.1) is 9.95 Å². The fourth-order valence-electron chi connectivity index (χ4n) is 3.64. The number of nitro groups is 1. The zero-order valence-corrected chi connectivity index (χ0v) is 17.3. The highest BCUT2D eigenvalue weighted by Gasteiger charge is 2.24. The highest BCUT2D eigenvalue weighted by molar-refractivity contribution is 6.33. The molecule has 0 atom stereocenters. The standard InChI is InChI=1S/C22H20ClN3O5/c23-18-6-4-15(12-17(18)21-8-5-16(13-27)31-21)24-22(28)14-3-7-19(20(11-14)26(29)30)25-9-1-2-10-25/h3-8,11-12,27H,1-2,9-10,13H2,(H,24,28). The lowest BCUT2D eigenvalue weighted by Gasteiger charge is -2.17. The van der Waals surface area contributed by atoms with Crippen LogP contribution in [0.4, 0.5) is 17.1 Å². The van der Waals surface area contributed by atoms with Crippen molar-refractivity contribution in [2.75, 3.05) is 23.3 Å². The van der Waals surface area contributed by atoms with Crippen molar-refractivity contribution in [3.05, 3.63) is 75.0 Å². The van der Waals surface area contributed by atoms with Crippen LogP contribution in [0.5, 0.6) is 0 Å². The Balaban J connectivity index is 1.59. The molecule has 0 bridgehead atoms. The van der Waals surface area contributed by atoms with E-state index in [1.54, 1.807) is 42.5 Å². The van der Waals surface area contributed by atoms with Crippen LogP contribution in [-0.2, 0) is 6.61 Å². The molecule has 1 aliphatic heterocycles. The summed E-state index contributed by atoms with van der Waals surface area (Å²) in [6.07, 6.45) is 1.99. The van der Waals surface area contributed by atoms with Crippen molar-refractivity contribution in [2.24, 2.45) is 0 Å². The molecule has 3 aromatic rings. The number of nitrogens with one attached hydrogen (secondary N) is 1. The predicted octanol–water partition coefficient (Wildman–Crippen LogP) is 4.85. The minimum atomic E-state index is -0.472. The molecular formula is C22H20ClN3O5. The molecule has 0 radical (unpaired) electrons. The van der Waals surface area contributed by atoms with E-state index in [2.05, 4.69) is 5.32 Å². The Labute approximate surface area is 183 Å². The monoisotopic (exact) mass is 441 g/mol. The number of anilines is 2. The molecule has 0 unspecified atom stereocenters. The zero-order valence-electron chi connectivity index (χ0n) is 16.5. The molecule has 1 saturated heterocycles. The van der Waals surface area contributed by atoms with Crippen LogP contribution in [0.2, 0.25) is 5.02 Å². The molecule has 0 aliphatic carbocycles. The number of aliphatic hydroxyl groups excluding tert-OH is 1. The number of carbonyl (C=O) groups excluding carboxylic acids is 1. The van der Waals surface area contributed by atoms with Crippen LogP contribution in [0.15, 0.2) is 52.9 Å². The van der Waals surface area contributed by atoms with Gasteiger partial charge in [0.15, 0.2) is 0 Å². The maximum atomic E-state index is 12.8. The molecule has 31 heavy (non-hydrogen) atoms. The Morgan fingerprint density at radius 3 is 2.61 bits per heavy atom. The predicted molar refractivity (Wildman–Crippen MR) is 118 cm³/mol. The van der Waals surface area contributed by atoms with E-state index >= 15 is 0 Å². The smallest absolute Gasteiger partial charge is 0.293 e. The number of hydrogen-bond acceptors (Lipinski definition) is 6. The second-order valence-electron chi connectivity index (χ2n) is 7.23. The van der Waals surface area contributed by atoms with Crippen molar-refractivity contribution in [1.82, 2.24) is 0 Å². The lowest BCUT2D eigenvalue weighted by atomic mass is 10.1. The van der Waals surface area contributed by atoms with E-state index < -0.39 is 10.8 Å². The normalized spacial score (nSPS) is 13.4. The van der Waals surface area contributed by atoms with Gasteiger partial charge in [0.1, 0.15) is 23.8 Å². The molecule has 1 aromatic heterocycles. The van der Waals surface area contributed by atoms with Crippen molar-refractivity contribution in [2.45, 2.75) is 19.4 Å². The summed E-state index contributed by atoms with van der Waals surface area (Å²) in [6, 6.07) is 12.7. The molecule has 4 rings (SSSR count). The summed E-state index contributed by atoms with van der Waals surface area (Å²) >= 11 is 6.26. The summed E-state index contributed by atoms with van der Waals surface area (Å²) in [7, 11) is 0. The number of nitro benzene ring substituents is 1. The highest BCUT2D eigenvalue weighted by Crippen LogP contribution is 2.34. The highest BCUT2D eigenvalue weighted by atomic mass is 35.5. The number of nitrogens with zero attached hydrogens (tertiary/aromatic N) is 2. The third kappa shape index (κ3) is 4.40. The number of halogens is 1. The SMILES string of the molecule is O=C(Nc1ccc(Cl)c(-c2ccc(CO)o2)c1)c1ccc(N2CCCC2)c([N+](=O)[O-])c1. The van der Waals surface area contributed by atoms with Crippen molar-refractivity contribution < 1.29 is 19.2 Å². The fourth-order valence-corrected chi connectivity index (χ4v) is 3.85. The van der Waals surface area contributed by atoms with Gasteiger partial charge >= 0.3 is 0 Å². The molecule has 9 heteroatoms. The van der Waals surface area contributed by atoms with Gasteiger partial charge in [-0.25, -0.2) is 0 Å². The Morgan fingerprint density at radius 2 is 1.94 bits per heavy atom. The van der Waals surface area contributed by atoms with Crippen LogP contribution in [-0.4, -0.2) is 29.0 Å². The van der Waals surface area contributed by atoms with Gasteiger partial charge in [0.25, 0.3) is 11.6 Å². The van der Waals surface area contributed by atoms with Crippen LogP contribution < -0.4 is 10.2 Å². The van der Waals surface area contributed by atoms with Gasteiger partial charge in [-0.05, 0) is 55.3 Å². The number of benzene rings is 2. The third-order valence-corrected chi connectivity index (χ3v) is 5.52. The number of rotatable bonds is 6. The summed E-state index contributed by atoms with van der Waals surface area (Å²) in [5.41, 5.74) is 1.64. The minimum Gasteiger partial charge on any atom is -0.459 e. The van der Waals surface area contributed by atoms with Crippen LogP contribution in [0, 0.1) is 10.1 Å². The van der Waals surface area contributed by atoms with E-state index in [9.17, 15) is 20.0 Å². The van der Waals surface area contributed by atoms with Gasteiger partial charge < -0.3 is 19.7 Å². The Morgan fingerprint density at radius 1 is 1.16 bits per heavy atom. The Kier molecular flexibility index (Phi) is 5.92. The summed E-state index contributed by atoms with van der Waals surface area (Å²) < 4.78 is 5.52. The first kappa shape index (κ1) is 20.9. The first-order chi connectivity index (χ1) is 15.0. The number of hydrogen-bond donors (Lipinski definition) is 2. The maximum Gasteiger partial charge on any atom is 0.293 e. The molecule has 0 spiro atoms. The number of amides is 1. The van der Waals surface area contributed by atoms with Crippen LogP contribution >= 0.6 is 11.6 Å². The molecule has 160 valence electrons. The quantitative estimate of drug-likeness (QED) is 0.418. The summed E-state index contributed by atoms with van der Waals surface area (Å²) in [4.78, 5) is 25.9. The maximum absolute atomic E-state index is 12.8. The van der Waals surface area contributed by atoms with Crippen molar-refractivity contribution in [1.29, 1.82) is 0 Å². The largest absolute Gasteiger partial charge is 0.459 e.